The topological polar surface area (TPSA) is 79.8 Å². The molecule has 3 aromatic rings. The van der Waals surface area contributed by atoms with E-state index in [4.69, 9.17) is 14.5 Å². The molecule has 7 rings (SSSR count). The summed E-state index contributed by atoms with van der Waals surface area (Å²) in [4.78, 5) is 26.6. The molecule has 1 N–H and O–H groups in total. The molecular weight excluding hydrogens is 528 g/mol. The molecule has 2 aromatic heterocycles. The third-order valence-corrected chi connectivity index (χ3v) is 9.21. The van der Waals surface area contributed by atoms with Crippen molar-refractivity contribution in [2.75, 3.05) is 61.1 Å². The SMILES string of the molecule is Cc1c(N2CC(C)(C)CC2=O)nc2cc(F)cc(F)c2c1[C@H]1CC2(CCO1)CNc1cc(N3CCOCC3)cnc12. The highest BCUT2D eigenvalue weighted by atomic mass is 19.1. The Morgan fingerprint density at radius 3 is 2.68 bits per heavy atom. The molecule has 3 fully saturated rings. The minimum Gasteiger partial charge on any atom is -0.383 e. The Kier molecular flexibility index (Phi) is 6.20. The summed E-state index contributed by atoms with van der Waals surface area (Å²) < 4.78 is 41.8. The van der Waals surface area contributed by atoms with Gasteiger partial charge in [0.05, 0.1) is 48.1 Å². The van der Waals surface area contributed by atoms with Gasteiger partial charge in [-0.25, -0.2) is 13.8 Å². The Balaban J connectivity index is 1.30. The predicted molar refractivity (Wildman–Crippen MR) is 153 cm³/mol. The fourth-order valence-electron chi connectivity index (χ4n) is 7.18. The third kappa shape index (κ3) is 4.43. The van der Waals surface area contributed by atoms with Crippen LogP contribution >= 0.6 is 0 Å². The minimum absolute atomic E-state index is 0.0389. The third-order valence-electron chi connectivity index (χ3n) is 9.21. The van der Waals surface area contributed by atoms with Crippen LogP contribution < -0.4 is 15.1 Å². The van der Waals surface area contributed by atoms with E-state index in [1.54, 1.807) is 4.90 Å². The largest absolute Gasteiger partial charge is 0.383 e. The number of nitrogens with zero attached hydrogens (tertiary/aromatic N) is 4. The summed E-state index contributed by atoms with van der Waals surface area (Å²) in [6.07, 6.45) is 3.21. The monoisotopic (exact) mass is 563 g/mol. The van der Waals surface area contributed by atoms with E-state index in [1.807, 2.05) is 27.0 Å². The Bertz CT molecular complexity index is 1560. The van der Waals surface area contributed by atoms with Gasteiger partial charge in [0.15, 0.2) is 0 Å². The first-order chi connectivity index (χ1) is 19.6. The first kappa shape index (κ1) is 26.5. The lowest BCUT2D eigenvalue weighted by molar-refractivity contribution is -0.117. The van der Waals surface area contributed by atoms with Gasteiger partial charge in [0.2, 0.25) is 5.91 Å². The van der Waals surface area contributed by atoms with Crippen molar-refractivity contribution in [1.82, 2.24) is 9.97 Å². The summed E-state index contributed by atoms with van der Waals surface area (Å²) in [7, 11) is 0. The number of carbonyl (C=O) groups excluding carboxylic acids is 1. The lowest BCUT2D eigenvalue weighted by atomic mass is 9.74. The highest BCUT2D eigenvalue weighted by Gasteiger charge is 2.47. The molecule has 1 spiro atoms. The van der Waals surface area contributed by atoms with Crippen LogP contribution in [0.25, 0.3) is 10.9 Å². The molecule has 0 radical (unpaired) electrons. The average Bonchev–Trinajstić information content (AvgIpc) is 3.43. The van der Waals surface area contributed by atoms with E-state index >= 15 is 4.39 Å². The van der Waals surface area contributed by atoms with Gasteiger partial charge in [-0.05, 0) is 42.4 Å². The van der Waals surface area contributed by atoms with Crippen LogP contribution in [0.5, 0.6) is 0 Å². The molecule has 1 amide bonds. The average molecular weight is 564 g/mol. The van der Waals surface area contributed by atoms with E-state index in [0.29, 0.717) is 62.7 Å². The number of rotatable bonds is 3. The van der Waals surface area contributed by atoms with Gasteiger partial charge in [0.1, 0.15) is 17.5 Å². The molecule has 4 aliphatic heterocycles. The predicted octanol–water partition coefficient (Wildman–Crippen LogP) is 5.03. The van der Waals surface area contributed by atoms with Crippen LogP contribution in [-0.2, 0) is 19.7 Å². The molecule has 4 aliphatic rings. The van der Waals surface area contributed by atoms with Crippen molar-refractivity contribution in [1.29, 1.82) is 0 Å². The van der Waals surface area contributed by atoms with Gasteiger partial charge in [-0.15, -0.1) is 0 Å². The van der Waals surface area contributed by atoms with E-state index in [-0.39, 0.29) is 27.6 Å². The number of carbonyl (C=O) groups is 1. The van der Waals surface area contributed by atoms with Crippen molar-refractivity contribution in [3.05, 3.63) is 52.9 Å². The van der Waals surface area contributed by atoms with Crippen LogP contribution in [0.3, 0.4) is 0 Å². The van der Waals surface area contributed by atoms with Crippen LogP contribution in [0.4, 0.5) is 26.0 Å². The maximum atomic E-state index is 15.5. The van der Waals surface area contributed by atoms with Crippen molar-refractivity contribution in [3.8, 4) is 0 Å². The smallest absolute Gasteiger partial charge is 0.228 e. The number of amides is 1. The Morgan fingerprint density at radius 1 is 1.12 bits per heavy atom. The second-order valence-corrected chi connectivity index (χ2v) is 12.7. The molecule has 216 valence electrons. The number of hydrogen-bond acceptors (Lipinski definition) is 7. The van der Waals surface area contributed by atoms with Crippen molar-refractivity contribution in [2.45, 2.75) is 51.6 Å². The summed E-state index contributed by atoms with van der Waals surface area (Å²) in [5, 5.41) is 3.84. The number of halogens is 2. The molecule has 2 atom stereocenters. The van der Waals surface area contributed by atoms with Gasteiger partial charge in [0, 0.05) is 62.1 Å². The number of ether oxygens (including phenoxy) is 2. The first-order valence-electron chi connectivity index (χ1n) is 14.4. The minimum atomic E-state index is -0.702. The van der Waals surface area contributed by atoms with Crippen molar-refractivity contribution in [2.24, 2.45) is 5.41 Å². The summed E-state index contributed by atoms with van der Waals surface area (Å²) in [5.74, 6) is -0.962. The first-order valence-corrected chi connectivity index (χ1v) is 14.4. The molecule has 1 aromatic carbocycles. The molecule has 10 heteroatoms. The summed E-state index contributed by atoms with van der Waals surface area (Å²) in [5.41, 5.74) is 4.10. The molecule has 0 bridgehead atoms. The number of aromatic nitrogens is 2. The number of nitrogens with one attached hydrogen (secondary N) is 1. The molecule has 6 heterocycles. The zero-order valence-electron chi connectivity index (χ0n) is 23.7. The highest BCUT2D eigenvalue weighted by molar-refractivity contribution is 5.98. The summed E-state index contributed by atoms with van der Waals surface area (Å²) in [6.45, 7) is 10.7. The standard InChI is InChI=1S/C31H35F2N5O3/c1-18-26(27-21(33)10-19(32)11-22(27)36-29(18)38-17-30(2,3)14-25(38)39)24-13-31(4-7-41-24)16-35-23-12-20(15-34-28(23)31)37-5-8-40-9-6-37/h10-12,15,24,35H,4-9,13-14,16-17H2,1-3H3/t24-,31?/m1/s1. The summed E-state index contributed by atoms with van der Waals surface area (Å²) >= 11 is 0. The molecule has 0 aliphatic carbocycles. The zero-order chi connectivity index (χ0) is 28.5. The van der Waals surface area contributed by atoms with Gasteiger partial charge < -0.3 is 19.7 Å². The molecular formula is C31H35F2N5O3. The second-order valence-electron chi connectivity index (χ2n) is 12.7. The number of fused-ring (bicyclic) bond motifs is 3. The number of anilines is 3. The lowest BCUT2D eigenvalue weighted by Crippen LogP contribution is -2.38. The molecule has 8 nitrogen and oxygen atoms in total. The Hall–Kier alpha value is -3.37. The van der Waals surface area contributed by atoms with Crippen LogP contribution in [0, 0.1) is 24.0 Å². The number of hydrogen-bond donors (Lipinski definition) is 1. The summed E-state index contributed by atoms with van der Waals surface area (Å²) in [6, 6.07) is 4.31. The van der Waals surface area contributed by atoms with E-state index < -0.39 is 17.7 Å². The fraction of sp³-hybridized carbons (Fsp3) is 0.516. The van der Waals surface area contributed by atoms with Crippen molar-refractivity contribution in [3.63, 3.8) is 0 Å². The molecule has 0 saturated carbocycles. The van der Waals surface area contributed by atoms with E-state index in [1.165, 1.54) is 6.07 Å². The van der Waals surface area contributed by atoms with E-state index in [9.17, 15) is 9.18 Å². The Labute approximate surface area is 238 Å². The second kappa shape index (κ2) is 9.59. The molecule has 41 heavy (non-hydrogen) atoms. The van der Waals surface area contributed by atoms with Crippen LogP contribution in [-0.4, -0.2) is 61.9 Å². The van der Waals surface area contributed by atoms with Gasteiger partial charge in [-0.2, -0.15) is 0 Å². The van der Waals surface area contributed by atoms with Crippen molar-refractivity contribution >= 4 is 34.0 Å². The number of morpholine rings is 1. The number of pyridine rings is 2. The van der Waals surface area contributed by atoms with E-state index in [0.717, 1.165) is 42.6 Å². The van der Waals surface area contributed by atoms with Crippen LogP contribution in [0.2, 0.25) is 0 Å². The lowest BCUT2D eigenvalue weighted by Gasteiger charge is -2.39. The fourth-order valence-corrected chi connectivity index (χ4v) is 7.18. The van der Waals surface area contributed by atoms with Crippen molar-refractivity contribution < 1.29 is 23.0 Å². The van der Waals surface area contributed by atoms with Crippen LogP contribution in [0.1, 0.15) is 56.0 Å². The maximum Gasteiger partial charge on any atom is 0.228 e. The van der Waals surface area contributed by atoms with Crippen LogP contribution in [0.15, 0.2) is 24.4 Å². The van der Waals surface area contributed by atoms with Gasteiger partial charge in [-0.1, -0.05) is 13.8 Å². The van der Waals surface area contributed by atoms with Gasteiger partial charge in [-0.3, -0.25) is 14.7 Å². The normalized spacial score (nSPS) is 25.7. The Morgan fingerprint density at radius 2 is 1.93 bits per heavy atom. The zero-order valence-corrected chi connectivity index (χ0v) is 23.7. The van der Waals surface area contributed by atoms with Gasteiger partial charge >= 0.3 is 0 Å². The quantitative estimate of drug-likeness (QED) is 0.479. The molecule has 3 saturated heterocycles. The highest BCUT2D eigenvalue weighted by Crippen LogP contribution is 2.50. The maximum absolute atomic E-state index is 15.5. The molecule has 1 unspecified atom stereocenters. The van der Waals surface area contributed by atoms with E-state index in [2.05, 4.69) is 21.3 Å². The number of benzene rings is 1. The van der Waals surface area contributed by atoms with Gasteiger partial charge in [0.25, 0.3) is 0 Å².